The number of hydrogen-bond donors (Lipinski definition) is 2. The van der Waals surface area contributed by atoms with Crippen molar-refractivity contribution in [3.05, 3.63) is 34.3 Å². The highest BCUT2D eigenvalue weighted by Crippen LogP contribution is 2.72. The van der Waals surface area contributed by atoms with Crippen molar-refractivity contribution in [1.82, 2.24) is 5.43 Å². The lowest BCUT2D eigenvalue weighted by atomic mass is 9.93. The Balaban J connectivity index is 1.61. The van der Waals surface area contributed by atoms with Crippen molar-refractivity contribution in [3.8, 4) is 0 Å². The zero-order valence-electron chi connectivity index (χ0n) is 11.3. The topological polar surface area (TPSA) is 38.0 Å². The van der Waals surface area contributed by atoms with Crippen molar-refractivity contribution in [3.63, 3.8) is 0 Å². The maximum Gasteiger partial charge on any atom is 0.0494 e. The van der Waals surface area contributed by atoms with Gasteiger partial charge >= 0.3 is 0 Å². The van der Waals surface area contributed by atoms with E-state index >= 15 is 0 Å². The van der Waals surface area contributed by atoms with E-state index in [1.165, 1.54) is 24.8 Å². The van der Waals surface area contributed by atoms with Gasteiger partial charge in [-0.3, -0.25) is 11.3 Å². The second kappa shape index (κ2) is 4.21. The summed E-state index contributed by atoms with van der Waals surface area (Å²) >= 11 is 6.26. The first kappa shape index (κ1) is 12.2. The van der Waals surface area contributed by atoms with E-state index in [4.69, 9.17) is 17.4 Å². The number of halogens is 1. The van der Waals surface area contributed by atoms with E-state index in [-0.39, 0.29) is 6.04 Å². The lowest BCUT2D eigenvalue weighted by Crippen LogP contribution is -2.31. The second-order valence-corrected chi connectivity index (χ2v) is 7.13. The van der Waals surface area contributed by atoms with E-state index in [9.17, 15) is 0 Å². The average molecular weight is 277 g/mol. The Labute approximate surface area is 119 Å². The molecule has 0 aliphatic heterocycles. The molecule has 3 N–H and O–H groups in total. The fourth-order valence-corrected chi connectivity index (χ4v) is 5.26. The molecule has 1 aromatic carbocycles. The molecule has 0 heterocycles. The highest BCUT2D eigenvalue weighted by molar-refractivity contribution is 6.31. The summed E-state index contributed by atoms with van der Waals surface area (Å²) in [6, 6.07) is 6.67. The summed E-state index contributed by atoms with van der Waals surface area (Å²) in [6.45, 7) is 2.04. The van der Waals surface area contributed by atoms with E-state index < -0.39 is 0 Å². The molecule has 2 nitrogen and oxygen atoms in total. The molecule has 1 aromatic rings. The van der Waals surface area contributed by atoms with E-state index in [1.54, 1.807) is 0 Å². The Morgan fingerprint density at radius 3 is 2.53 bits per heavy atom. The third kappa shape index (κ3) is 1.70. The number of rotatable bonds is 3. The van der Waals surface area contributed by atoms with Gasteiger partial charge in [-0.15, -0.1) is 0 Å². The molecule has 5 unspecified atom stereocenters. The van der Waals surface area contributed by atoms with Crippen LogP contribution in [0.25, 0.3) is 0 Å². The second-order valence-electron chi connectivity index (χ2n) is 6.72. The van der Waals surface area contributed by atoms with Crippen molar-refractivity contribution in [2.24, 2.45) is 35.4 Å². The van der Waals surface area contributed by atoms with Gasteiger partial charge in [0.05, 0.1) is 0 Å². The fourth-order valence-electron chi connectivity index (χ4n) is 5.07. The molecule has 3 saturated carbocycles. The largest absolute Gasteiger partial charge is 0.271 e. The van der Waals surface area contributed by atoms with Crippen LogP contribution >= 0.6 is 11.6 Å². The minimum Gasteiger partial charge on any atom is -0.271 e. The van der Waals surface area contributed by atoms with Crippen LogP contribution in [-0.2, 0) is 0 Å². The van der Waals surface area contributed by atoms with Gasteiger partial charge < -0.3 is 0 Å². The first-order valence-electron chi connectivity index (χ1n) is 7.43. The van der Waals surface area contributed by atoms with Gasteiger partial charge in [0.2, 0.25) is 0 Å². The van der Waals surface area contributed by atoms with Crippen molar-refractivity contribution >= 4 is 11.6 Å². The molecule has 0 saturated heterocycles. The standard InChI is InChI=1S/C16H21ClN2/c1-8-2-3-11(7-12(8)17)16(19-18)15-13-9-4-5-10(6-9)14(13)15/h2-3,7,9-10,13-16,19H,4-6,18H2,1H3. The summed E-state index contributed by atoms with van der Waals surface area (Å²) in [7, 11) is 0. The number of aryl methyl sites for hydroxylation is 1. The van der Waals surface area contributed by atoms with E-state index in [1.807, 2.05) is 6.92 Å². The predicted molar refractivity (Wildman–Crippen MR) is 77.6 cm³/mol. The molecule has 3 aliphatic carbocycles. The third-order valence-corrected chi connectivity index (χ3v) is 6.32. The van der Waals surface area contributed by atoms with Crippen LogP contribution in [0.15, 0.2) is 18.2 Å². The molecule has 4 rings (SSSR count). The summed E-state index contributed by atoms with van der Waals surface area (Å²) in [5, 5.41) is 0.853. The molecule has 0 aromatic heterocycles. The summed E-state index contributed by atoms with van der Waals surface area (Å²) in [6.07, 6.45) is 4.39. The van der Waals surface area contributed by atoms with E-state index in [0.717, 1.165) is 40.2 Å². The molecule has 0 amide bonds. The van der Waals surface area contributed by atoms with Crippen LogP contribution in [-0.4, -0.2) is 0 Å². The predicted octanol–water partition coefficient (Wildman–Crippen LogP) is 3.44. The third-order valence-electron chi connectivity index (χ3n) is 5.91. The van der Waals surface area contributed by atoms with Crippen molar-refractivity contribution in [1.29, 1.82) is 0 Å². The molecule has 0 spiro atoms. The first-order valence-corrected chi connectivity index (χ1v) is 7.80. The monoisotopic (exact) mass is 276 g/mol. The number of nitrogens with two attached hydrogens (primary N) is 1. The minimum absolute atomic E-state index is 0.288. The van der Waals surface area contributed by atoms with Gasteiger partial charge in [0, 0.05) is 11.1 Å². The fraction of sp³-hybridized carbons (Fsp3) is 0.625. The van der Waals surface area contributed by atoms with E-state index in [2.05, 4.69) is 23.6 Å². The molecule has 0 radical (unpaired) electrons. The number of nitrogens with one attached hydrogen (secondary N) is 1. The van der Waals surface area contributed by atoms with Gasteiger partial charge in [-0.05, 0) is 73.0 Å². The highest BCUT2D eigenvalue weighted by atomic mass is 35.5. The molecule has 5 atom stereocenters. The molecular formula is C16H21ClN2. The van der Waals surface area contributed by atoms with E-state index in [0.29, 0.717) is 0 Å². The Morgan fingerprint density at radius 2 is 1.95 bits per heavy atom. The maximum atomic E-state index is 6.26. The molecule has 19 heavy (non-hydrogen) atoms. The van der Waals surface area contributed by atoms with Crippen LogP contribution in [0.2, 0.25) is 5.02 Å². The number of hydrazine groups is 1. The normalized spacial score (nSPS) is 40.3. The van der Waals surface area contributed by atoms with Crippen molar-refractivity contribution in [2.75, 3.05) is 0 Å². The van der Waals surface area contributed by atoms with Gasteiger partial charge in [0.15, 0.2) is 0 Å². The quantitative estimate of drug-likeness (QED) is 0.656. The Bertz CT molecular complexity index is 499. The van der Waals surface area contributed by atoms with Gasteiger partial charge in [0.1, 0.15) is 0 Å². The molecule has 2 bridgehead atoms. The summed E-state index contributed by atoms with van der Waals surface area (Å²) in [5.74, 6) is 10.4. The van der Waals surface area contributed by atoms with Crippen LogP contribution in [0.3, 0.4) is 0 Å². The lowest BCUT2D eigenvalue weighted by molar-refractivity contribution is 0.374. The van der Waals surface area contributed by atoms with Crippen LogP contribution in [0.1, 0.15) is 36.4 Å². The number of hydrogen-bond acceptors (Lipinski definition) is 2. The Hall–Kier alpha value is -0.570. The molecule has 102 valence electrons. The van der Waals surface area contributed by atoms with Gasteiger partial charge in [-0.2, -0.15) is 0 Å². The van der Waals surface area contributed by atoms with Gasteiger partial charge in [0.25, 0.3) is 0 Å². The SMILES string of the molecule is Cc1ccc(C(NN)C2C3C4CCC(C4)C32)cc1Cl. The average Bonchev–Trinajstić information content (AvgIpc) is 2.82. The van der Waals surface area contributed by atoms with Gasteiger partial charge in [-0.25, -0.2) is 0 Å². The van der Waals surface area contributed by atoms with Crippen LogP contribution < -0.4 is 11.3 Å². The summed E-state index contributed by atoms with van der Waals surface area (Å²) in [5.41, 5.74) is 5.46. The molecule has 3 fully saturated rings. The van der Waals surface area contributed by atoms with Crippen LogP contribution in [0.5, 0.6) is 0 Å². The molecule has 3 aliphatic rings. The zero-order valence-corrected chi connectivity index (χ0v) is 12.0. The van der Waals surface area contributed by atoms with Crippen LogP contribution in [0.4, 0.5) is 0 Å². The summed E-state index contributed by atoms with van der Waals surface area (Å²) in [4.78, 5) is 0. The molecule has 3 heteroatoms. The van der Waals surface area contributed by atoms with Crippen LogP contribution in [0, 0.1) is 36.5 Å². The number of fused-ring (bicyclic) bond motifs is 5. The Kier molecular flexibility index (Phi) is 2.70. The van der Waals surface area contributed by atoms with Crippen molar-refractivity contribution in [2.45, 2.75) is 32.2 Å². The van der Waals surface area contributed by atoms with Crippen molar-refractivity contribution < 1.29 is 0 Å². The highest BCUT2D eigenvalue weighted by Gasteiger charge is 2.66. The maximum absolute atomic E-state index is 6.26. The minimum atomic E-state index is 0.288. The smallest absolute Gasteiger partial charge is 0.0494 e. The first-order chi connectivity index (χ1) is 9.20. The lowest BCUT2D eigenvalue weighted by Gasteiger charge is -2.20. The number of benzene rings is 1. The van der Waals surface area contributed by atoms with Gasteiger partial charge in [-0.1, -0.05) is 23.7 Å². The Morgan fingerprint density at radius 1 is 1.26 bits per heavy atom. The summed E-state index contributed by atoms with van der Waals surface area (Å²) < 4.78 is 0. The zero-order chi connectivity index (χ0) is 13.1. The molecular weight excluding hydrogens is 256 g/mol.